The maximum Gasteiger partial charge on any atom is 0.421 e. The number of hydrogen-bond acceptors (Lipinski definition) is 4. The number of hydrogen-bond donors (Lipinski definition) is 2. The summed E-state index contributed by atoms with van der Waals surface area (Å²) in [5.74, 6) is 0. The second-order valence-electron chi connectivity index (χ2n) is 8.38. The van der Waals surface area contributed by atoms with Crippen molar-refractivity contribution >= 4 is 22.9 Å². The van der Waals surface area contributed by atoms with Gasteiger partial charge in [-0.25, -0.2) is 10.2 Å². The smallest absolute Gasteiger partial charge is 0.421 e. The van der Waals surface area contributed by atoms with Gasteiger partial charge in [0.2, 0.25) is 0 Å². The molecule has 0 aliphatic heterocycles. The minimum absolute atomic E-state index is 0.0480. The van der Waals surface area contributed by atoms with Crippen molar-refractivity contribution in [3.63, 3.8) is 0 Å². The van der Waals surface area contributed by atoms with Gasteiger partial charge in [-0.15, -0.1) is 6.58 Å². The number of carbonyl (C=O) groups is 2. The lowest BCUT2D eigenvalue weighted by molar-refractivity contribution is 0.108. The normalized spacial score (nSPS) is 12.1. The standard InChI is InChI=1S/C25H31ClN2O3/c1-5-9-22(27-28-24(30)31-17-19-10-7-6-8-11-19)25(3,4)13-12-20-14-18(2)15-21(16-20)23(26)29/h5-8,10-11,14-16,22,27H,1,9,12-13,17H2,2-4H3,(H,28,30)/t22-/m1/s1. The molecule has 0 saturated heterocycles. The van der Waals surface area contributed by atoms with Crippen LogP contribution < -0.4 is 10.9 Å². The zero-order valence-corrected chi connectivity index (χ0v) is 19.2. The molecule has 0 saturated carbocycles. The lowest BCUT2D eigenvalue weighted by Gasteiger charge is -2.34. The molecule has 0 bridgehead atoms. The van der Waals surface area contributed by atoms with Crippen LogP contribution in [0.2, 0.25) is 0 Å². The van der Waals surface area contributed by atoms with Crippen molar-refractivity contribution in [2.24, 2.45) is 5.41 Å². The SMILES string of the molecule is C=CC[C@@H](NNC(=O)OCc1ccccc1)C(C)(C)CCc1cc(C)cc(C(=O)Cl)c1. The molecule has 2 aromatic carbocycles. The van der Waals surface area contributed by atoms with Gasteiger partial charge in [0.1, 0.15) is 6.61 Å². The first-order chi connectivity index (χ1) is 14.7. The summed E-state index contributed by atoms with van der Waals surface area (Å²) in [5, 5.41) is -0.450. The van der Waals surface area contributed by atoms with Gasteiger partial charge in [0, 0.05) is 11.6 Å². The minimum atomic E-state index is -0.530. The Kier molecular flexibility index (Phi) is 9.28. The highest BCUT2D eigenvalue weighted by Crippen LogP contribution is 2.29. The quantitative estimate of drug-likeness (QED) is 0.266. The van der Waals surface area contributed by atoms with Crippen LogP contribution in [0.15, 0.2) is 61.2 Å². The Morgan fingerprint density at radius 2 is 1.87 bits per heavy atom. The zero-order valence-electron chi connectivity index (χ0n) is 18.4. The number of ether oxygens (including phenoxy) is 1. The molecule has 0 aliphatic rings. The second-order valence-corrected chi connectivity index (χ2v) is 8.72. The molecule has 0 spiro atoms. The number of nitrogens with one attached hydrogen (secondary N) is 2. The highest BCUT2D eigenvalue weighted by atomic mass is 35.5. The summed E-state index contributed by atoms with van der Waals surface area (Å²) in [6.07, 6.45) is 3.58. The van der Waals surface area contributed by atoms with Crippen LogP contribution in [0.5, 0.6) is 0 Å². The van der Waals surface area contributed by atoms with E-state index in [-0.39, 0.29) is 18.1 Å². The summed E-state index contributed by atoms with van der Waals surface area (Å²) in [5.41, 5.74) is 9.09. The van der Waals surface area contributed by atoms with Crippen molar-refractivity contribution < 1.29 is 14.3 Å². The van der Waals surface area contributed by atoms with Crippen molar-refractivity contribution in [2.75, 3.05) is 0 Å². The van der Waals surface area contributed by atoms with Crippen LogP contribution in [0.1, 0.15) is 53.7 Å². The minimum Gasteiger partial charge on any atom is -0.444 e. The molecule has 2 aromatic rings. The zero-order chi connectivity index (χ0) is 22.9. The van der Waals surface area contributed by atoms with Crippen molar-refractivity contribution in [1.82, 2.24) is 10.9 Å². The third kappa shape index (κ3) is 8.19. The Labute approximate surface area is 189 Å². The van der Waals surface area contributed by atoms with E-state index in [9.17, 15) is 9.59 Å². The molecule has 0 radical (unpaired) electrons. The van der Waals surface area contributed by atoms with Crippen LogP contribution in [-0.4, -0.2) is 17.4 Å². The number of hydrazine groups is 1. The third-order valence-electron chi connectivity index (χ3n) is 5.33. The van der Waals surface area contributed by atoms with Crippen molar-refractivity contribution in [2.45, 2.75) is 52.7 Å². The maximum atomic E-state index is 12.1. The van der Waals surface area contributed by atoms with E-state index in [1.807, 2.05) is 49.4 Å². The van der Waals surface area contributed by atoms with Crippen molar-refractivity contribution in [1.29, 1.82) is 0 Å². The van der Waals surface area contributed by atoms with Gasteiger partial charge in [-0.3, -0.25) is 10.2 Å². The summed E-state index contributed by atoms with van der Waals surface area (Å²) in [4.78, 5) is 23.6. The lowest BCUT2D eigenvalue weighted by Crippen LogP contribution is -2.51. The van der Waals surface area contributed by atoms with Gasteiger partial charge in [-0.1, -0.05) is 61.9 Å². The Morgan fingerprint density at radius 1 is 1.16 bits per heavy atom. The van der Waals surface area contributed by atoms with E-state index in [0.717, 1.165) is 29.5 Å². The molecule has 31 heavy (non-hydrogen) atoms. The predicted molar refractivity (Wildman–Crippen MR) is 125 cm³/mol. The van der Waals surface area contributed by atoms with Gasteiger partial charge in [0.05, 0.1) is 0 Å². The van der Waals surface area contributed by atoms with Gasteiger partial charge in [-0.05, 0) is 66.5 Å². The summed E-state index contributed by atoms with van der Waals surface area (Å²) in [6.45, 7) is 10.3. The molecule has 0 heterocycles. The highest BCUT2D eigenvalue weighted by Gasteiger charge is 2.29. The molecule has 6 heteroatoms. The molecule has 166 valence electrons. The first-order valence-corrected chi connectivity index (χ1v) is 10.7. The molecule has 1 atom stereocenters. The van der Waals surface area contributed by atoms with Crippen molar-refractivity contribution in [3.8, 4) is 0 Å². The van der Waals surface area contributed by atoms with Crippen LogP contribution in [0.4, 0.5) is 4.79 Å². The lowest BCUT2D eigenvalue weighted by atomic mass is 9.78. The van der Waals surface area contributed by atoms with Gasteiger partial charge in [-0.2, -0.15) is 0 Å². The average Bonchev–Trinajstić information content (AvgIpc) is 2.74. The number of amides is 1. The molecule has 2 rings (SSSR count). The third-order valence-corrected chi connectivity index (χ3v) is 5.55. The fraction of sp³-hybridized carbons (Fsp3) is 0.360. The molecule has 1 amide bonds. The number of carbonyl (C=O) groups excluding carboxylic acids is 2. The van der Waals surface area contributed by atoms with Crippen LogP contribution in [-0.2, 0) is 17.8 Å². The van der Waals surface area contributed by atoms with Crippen LogP contribution in [0, 0.1) is 12.3 Å². The largest absolute Gasteiger partial charge is 0.444 e. The Hall–Kier alpha value is -2.63. The Morgan fingerprint density at radius 3 is 2.52 bits per heavy atom. The Balaban J connectivity index is 1.93. The summed E-state index contributed by atoms with van der Waals surface area (Å²) < 4.78 is 5.26. The second kappa shape index (κ2) is 11.7. The van der Waals surface area contributed by atoms with E-state index in [0.29, 0.717) is 12.0 Å². The van der Waals surface area contributed by atoms with Crippen molar-refractivity contribution in [3.05, 3.63) is 83.4 Å². The molecule has 0 unspecified atom stereocenters. The van der Waals surface area contributed by atoms with E-state index >= 15 is 0 Å². The molecule has 5 nitrogen and oxygen atoms in total. The van der Waals surface area contributed by atoms with Crippen LogP contribution >= 0.6 is 11.6 Å². The first kappa shape index (κ1) is 24.6. The molecular weight excluding hydrogens is 412 g/mol. The first-order valence-electron chi connectivity index (χ1n) is 10.3. The summed E-state index contributed by atoms with van der Waals surface area (Å²) in [6, 6.07) is 15.2. The van der Waals surface area contributed by atoms with E-state index in [2.05, 4.69) is 37.3 Å². The number of rotatable bonds is 11. The molecule has 0 fully saturated rings. The molecular formula is C25H31ClN2O3. The fourth-order valence-electron chi connectivity index (χ4n) is 3.41. The maximum absolute atomic E-state index is 12.1. The number of benzene rings is 2. The summed E-state index contributed by atoms with van der Waals surface area (Å²) in [7, 11) is 0. The topological polar surface area (TPSA) is 67.4 Å². The van der Waals surface area contributed by atoms with Crippen LogP contribution in [0.3, 0.4) is 0 Å². The van der Waals surface area contributed by atoms with Crippen LogP contribution in [0.25, 0.3) is 0 Å². The van der Waals surface area contributed by atoms with Gasteiger partial charge in [0.25, 0.3) is 5.24 Å². The van der Waals surface area contributed by atoms with E-state index in [1.165, 1.54) is 0 Å². The molecule has 0 aliphatic carbocycles. The monoisotopic (exact) mass is 442 g/mol. The number of halogens is 1. The van der Waals surface area contributed by atoms with E-state index in [1.54, 1.807) is 6.07 Å². The van der Waals surface area contributed by atoms with Gasteiger partial charge >= 0.3 is 6.09 Å². The molecule has 0 aromatic heterocycles. The Bertz CT molecular complexity index is 897. The predicted octanol–water partition coefficient (Wildman–Crippen LogP) is 5.71. The van der Waals surface area contributed by atoms with E-state index in [4.69, 9.17) is 16.3 Å². The van der Waals surface area contributed by atoms with E-state index < -0.39 is 11.3 Å². The average molecular weight is 443 g/mol. The highest BCUT2D eigenvalue weighted by molar-refractivity contribution is 6.67. The number of aryl methyl sites for hydroxylation is 2. The molecule has 2 N–H and O–H groups in total. The summed E-state index contributed by atoms with van der Waals surface area (Å²) >= 11 is 5.65. The fourth-order valence-corrected chi connectivity index (χ4v) is 3.52. The van der Waals surface area contributed by atoms with Gasteiger partial charge in [0.15, 0.2) is 0 Å². The van der Waals surface area contributed by atoms with Gasteiger partial charge < -0.3 is 4.74 Å².